The van der Waals surface area contributed by atoms with E-state index in [9.17, 15) is 23.3 Å². The Kier molecular flexibility index (Phi) is 5.96. The molecule has 138 valence electrons. The Labute approximate surface area is 145 Å². The van der Waals surface area contributed by atoms with E-state index < -0.39 is 26.8 Å². The monoisotopic (exact) mass is 372 g/mol. The lowest BCUT2D eigenvalue weighted by molar-refractivity contribution is -0.385. The third-order valence-corrected chi connectivity index (χ3v) is 5.88. The predicted octanol–water partition coefficient (Wildman–Crippen LogP) is 1.57. The summed E-state index contributed by atoms with van der Waals surface area (Å²) in [6.45, 7) is 2.20. The van der Waals surface area contributed by atoms with E-state index in [0.717, 1.165) is 18.2 Å². The number of sulfonamides is 1. The van der Waals surface area contributed by atoms with Gasteiger partial charge in [0.25, 0.3) is 5.69 Å². The van der Waals surface area contributed by atoms with Gasteiger partial charge in [0.05, 0.1) is 30.6 Å². The third-order valence-electron chi connectivity index (χ3n) is 3.98. The molecule has 10 heteroatoms. The Bertz CT molecular complexity index is 763. The van der Waals surface area contributed by atoms with Crippen LogP contribution < -0.4 is 4.74 Å². The van der Waals surface area contributed by atoms with Gasteiger partial charge in [-0.05, 0) is 25.8 Å². The van der Waals surface area contributed by atoms with E-state index in [0.29, 0.717) is 12.8 Å². The molecule has 0 spiro atoms. The summed E-state index contributed by atoms with van der Waals surface area (Å²) in [7, 11) is -2.70. The molecular weight excluding hydrogens is 352 g/mol. The molecule has 2 rings (SSSR count). The Balaban J connectivity index is 2.31. The van der Waals surface area contributed by atoms with Crippen molar-refractivity contribution in [2.75, 3.05) is 26.8 Å². The lowest BCUT2D eigenvalue weighted by Gasteiger charge is -2.31. The Morgan fingerprint density at radius 3 is 2.76 bits per heavy atom. The van der Waals surface area contributed by atoms with Crippen LogP contribution in [0.1, 0.15) is 19.8 Å². The lowest BCUT2D eigenvalue weighted by Crippen LogP contribution is -2.42. The minimum Gasteiger partial charge on any atom is -0.495 e. The molecule has 1 aliphatic rings. The number of piperidine rings is 1. The van der Waals surface area contributed by atoms with Crippen molar-refractivity contribution in [2.24, 2.45) is 5.92 Å². The van der Waals surface area contributed by atoms with Crippen molar-refractivity contribution in [1.82, 2.24) is 4.31 Å². The number of hydrogen-bond acceptors (Lipinski definition) is 7. The van der Waals surface area contributed by atoms with Crippen LogP contribution in [0.15, 0.2) is 23.1 Å². The van der Waals surface area contributed by atoms with Gasteiger partial charge < -0.3 is 9.47 Å². The van der Waals surface area contributed by atoms with Crippen molar-refractivity contribution in [1.29, 1.82) is 0 Å². The number of methoxy groups -OCH3 is 1. The van der Waals surface area contributed by atoms with E-state index in [4.69, 9.17) is 9.47 Å². The topological polar surface area (TPSA) is 116 Å². The first kappa shape index (κ1) is 19.1. The number of carbonyl (C=O) groups is 1. The Morgan fingerprint density at radius 1 is 1.44 bits per heavy atom. The van der Waals surface area contributed by atoms with Gasteiger partial charge in [0, 0.05) is 19.2 Å². The maximum atomic E-state index is 12.9. The number of nitrogens with zero attached hydrogens (tertiary/aromatic N) is 2. The average Bonchev–Trinajstić information content (AvgIpc) is 2.61. The molecule has 1 fully saturated rings. The van der Waals surface area contributed by atoms with E-state index in [1.54, 1.807) is 6.92 Å². The first-order valence-electron chi connectivity index (χ1n) is 7.80. The van der Waals surface area contributed by atoms with Crippen LogP contribution >= 0.6 is 0 Å². The molecule has 25 heavy (non-hydrogen) atoms. The quantitative estimate of drug-likeness (QED) is 0.423. The second kappa shape index (κ2) is 7.79. The largest absolute Gasteiger partial charge is 0.495 e. The van der Waals surface area contributed by atoms with E-state index in [-0.39, 0.29) is 36.0 Å². The summed E-state index contributed by atoms with van der Waals surface area (Å²) in [6.07, 6.45) is 1.08. The summed E-state index contributed by atoms with van der Waals surface area (Å²) in [5, 5.41) is 10.8. The van der Waals surface area contributed by atoms with Crippen LogP contribution in [-0.4, -0.2) is 50.4 Å². The van der Waals surface area contributed by atoms with Crippen LogP contribution in [-0.2, 0) is 19.6 Å². The number of benzene rings is 1. The summed E-state index contributed by atoms with van der Waals surface area (Å²) < 4.78 is 37.0. The molecule has 0 amide bonds. The number of non-ortho nitro benzene ring substituents is 1. The van der Waals surface area contributed by atoms with Crippen LogP contribution in [0.3, 0.4) is 0 Å². The van der Waals surface area contributed by atoms with Crippen molar-refractivity contribution < 1.29 is 27.6 Å². The molecule has 1 aromatic rings. The Hall–Kier alpha value is -2.20. The molecule has 1 aliphatic heterocycles. The van der Waals surface area contributed by atoms with Gasteiger partial charge in [-0.1, -0.05) is 0 Å². The summed E-state index contributed by atoms with van der Waals surface area (Å²) in [4.78, 5) is 22.0. The number of rotatable bonds is 6. The summed E-state index contributed by atoms with van der Waals surface area (Å²) in [6, 6.07) is 3.34. The zero-order valence-corrected chi connectivity index (χ0v) is 14.8. The molecule has 1 unspecified atom stereocenters. The highest BCUT2D eigenvalue weighted by molar-refractivity contribution is 7.89. The number of nitro benzene ring substituents is 1. The van der Waals surface area contributed by atoms with Gasteiger partial charge >= 0.3 is 5.97 Å². The molecule has 1 atom stereocenters. The van der Waals surface area contributed by atoms with Crippen molar-refractivity contribution in [3.63, 3.8) is 0 Å². The summed E-state index contributed by atoms with van der Waals surface area (Å²) >= 11 is 0. The molecule has 1 heterocycles. The summed E-state index contributed by atoms with van der Waals surface area (Å²) in [5.41, 5.74) is -0.265. The molecule has 1 saturated heterocycles. The maximum Gasteiger partial charge on any atom is 0.310 e. The van der Waals surface area contributed by atoms with Gasteiger partial charge in [-0.3, -0.25) is 14.9 Å². The smallest absolute Gasteiger partial charge is 0.310 e. The van der Waals surface area contributed by atoms with Crippen LogP contribution in [0.5, 0.6) is 5.75 Å². The highest BCUT2D eigenvalue weighted by Gasteiger charge is 2.35. The van der Waals surface area contributed by atoms with Crippen molar-refractivity contribution in [3.05, 3.63) is 28.3 Å². The second-order valence-corrected chi connectivity index (χ2v) is 7.45. The first-order chi connectivity index (χ1) is 11.8. The average molecular weight is 372 g/mol. The fourth-order valence-corrected chi connectivity index (χ4v) is 4.40. The fraction of sp³-hybridized carbons (Fsp3) is 0.533. The molecule has 0 N–H and O–H groups in total. The maximum absolute atomic E-state index is 12.9. The van der Waals surface area contributed by atoms with Crippen LogP contribution in [0.4, 0.5) is 5.69 Å². The third kappa shape index (κ3) is 4.07. The van der Waals surface area contributed by atoms with Gasteiger partial charge in [0.15, 0.2) is 0 Å². The number of carbonyl (C=O) groups excluding carboxylic acids is 1. The van der Waals surface area contributed by atoms with Gasteiger partial charge in [-0.2, -0.15) is 4.31 Å². The highest BCUT2D eigenvalue weighted by atomic mass is 32.2. The van der Waals surface area contributed by atoms with E-state index in [1.807, 2.05) is 0 Å². The second-order valence-electron chi connectivity index (χ2n) is 5.55. The van der Waals surface area contributed by atoms with Crippen LogP contribution in [0, 0.1) is 16.0 Å². The standard InChI is InChI=1S/C15H20N2O7S/c1-3-24-15(18)11-5-4-8-16(10-11)25(21,22)14-7-6-12(17(19)20)9-13(14)23-2/h6-7,9,11H,3-5,8,10H2,1-2H3. The minimum absolute atomic E-state index is 0.0152. The van der Waals surface area contributed by atoms with Crippen LogP contribution in [0.2, 0.25) is 0 Å². The minimum atomic E-state index is -3.95. The van der Waals surface area contributed by atoms with E-state index in [1.165, 1.54) is 11.4 Å². The molecule has 0 aliphatic carbocycles. The van der Waals surface area contributed by atoms with Crippen molar-refractivity contribution in [3.8, 4) is 5.75 Å². The van der Waals surface area contributed by atoms with E-state index in [2.05, 4.69) is 0 Å². The molecule has 1 aromatic carbocycles. The van der Waals surface area contributed by atoms with Gasteiger partial charge in [0.2, 0.25) is 10.0 Å². The summed E-state index contributed by atoms with van der Waals surface area (Å²) in [5.74, 6) is -1.04. The number of ether oxygens (including phenoxy) is 2. The predicted molar refractivity (Wildman–Crippen MR) is 87.8 cm³/mol. The molecule has 0 radical (unpaired) electrons. The molecule has 0 aromatic heterocycles. The van der Waals surface area contributed by atoms with Gasteiger partial charge in [0.1, 0.15) is 10.6 Å². The van der Waals surface area contributed by atoms with Gasteiger partial charge in [-0.15, -0.1) is 0 Å². The first-order valence-corrected chi connectivity index (χ1v) is 9.24. The molecular formula is C15H20N2O7S. The number of hydrogen-bond donors (Lipinski definition) is 0. The van der Waals surface area contributed by atoms with Gasteiger partial charge in [-0.25, -0.2) is 8.42 Å². The number of nitro groups is 1. The molecule has 0 bridgehead atoms. The van der Waals surface area contributed by atoms with Crippen LogP contribution in [0.25, 0.3) is 0 Å². The van der Waals surface area contributed by atoms with Crippen molar-refractivity contribution >= 4 is 21.7 Å². The normalized spacial score (nSPS) is 18.6. The zero-order chi connectivity index (χ0) is 18.6. The van der Waals surface area contributed by atoms with Crippen molar-refractivity contribution in [2.45, 2.75) is 24.7 Å². The lowest BCUT2D eigenvalue weighted by atomic mass is 10.0. The molecule has 9 nitrogen and oxygen atoms in total. The zero-order valence-electron chi connectivity index (χ0n) is 14.0. The number of esters is 1. The SMILES string of the molecule is CCOC(=O)C1CCCN(S(=O)(=O)c2ccc([N+](=O)[O-])cc2OC)C1. The Morgan fingerprint density at radius 2 is 2.16 bits per heavy atom. The fourth-order valence-electron chi connectivity index (χ4n) is 2.74. The van der Waals surface area contributed by atoms with E-state index >= 15 is 0 Å². The molecule has 0 saturated carbocycles. The highest BCUT2D eigenvalue weighted by Crippen LogP contribution is 2.32.